The number of carbonyl (C=O) groups is 1. The van der Waals surface area contributed by atoms with Crippen LogP contribution in [0.1, 0.15) is 42.5 Å². The molecule has 4 nitrogen and oxygen atoms in total. The minimum Gasteiger partial charge on any atom is -0.507 e. The van der Waals surface area contributed by atoms with Crippen molar-refractivity contribution in [1.29, 1.82) is 0 Å². The molecule has 1 aromatic rings. The number of nitrogens with zero attached hydrogens (tertiary/aromatic N) is 1. The van der Waals surface area contributed by atoms with Crippen molar-refractivity contribution in [1.82, 2.24) is 4.90 Å². The number of hydrogen-bond acceptors (Lipinski definition) is 3. The molecule has 0 spiro atoms. The Hall–Kier alpha value is -1.71. The van der Waals surface area contributed by atoms with Crippen molar-refractivity contribution in [3.63, 3.8) is 0 Å². The zero-order valence-electron chi connectivity index (χ0n) is 11.8. The van der Waals surface area contributed by atoms with Crippen LogP contribution in [0, 0.1) is 5.92 Å². The third-order valence-electron chi connectivity index (χ3n) is 4.71. The summed E-state index contributed by atoms with van der Waals surface area (Å²) in [5.41, 5.74) is 0.386. The quantitative estimate of drug-likeness (QED) is 0.903. The number of phenols is 1. The molecule has 1 N–H and O–H groups in total. The number of benzene rings is 1. The summed E-state index contributed by atoms with van der Waals surface area (Å²) in [6.45, 7) is 0.819. The van der Waals surface area contributed by atoms with Gasteiger partial charge in [-0.1, -0.05) is 12.8 Å². The van der Waals surface area contributed by atoms with Crippen molar-refractivity contribution < 1.29 is 14.6 Å². The molecule has 20 heavy (non-hydrogen) atoms. The Morgan fingerprint density at radius 3 is 2.85 bits per heavy atom. The molecule has 1 aliphatic heterocycles. The number of aromatic hydroxyl groups is 1. The summed E-state index contributed by atoms with van der Waals surface area (Å²) in [6, 6.07) is 5.26. The van der Waals surface area contributed by atoms with Crippen molar-refractivity contribution in [2.24, 2.45) is 5.92 Å². The highest BCUT2D eigenvalue weighted by Crippen LogP contribution is 2.37. The highest BCUT2D eigenvalue weighted by atomic mass is 16.5. The first-order chi connectivity index (χ1) is 9.70. The molecule has 108 valence electrons. The van der Waals surface area contributed by atoms with Crippen molar-refractivity contribution in [3.05, 3.63) is 23.8 Å². The molecule has 4 heteroatoms. The van der Waals surface area contributed by atoms with E-state index in [1.165, 1.54) is 25.3 Å². The van der Waals surface area contributed by atoms with E-state index in [1.54, 1.807) is 19.2 Å². The Kier molecular flexibility index (Phi) is 3.55. The largest absolute Gasteiger partial charge is 0.507 e. The smallest absolute Gasteiger partial charge is 0.257 e. The molecule has 2 atom stereocenters. The van der Waals surface area contributed by atoms with Gasteiger partial charge in [0.05, 0.1) is 12.7 Å². The van der Waals surface area contributed by atoms with Crippen molar-refractivity contribution in [2.75, 3.05) is 13.7 Å². The van der Waals surface area contributed by atoms with E-state index in [-0.39, 0.29) is 11.7 Å². The first-order valence-electron chi connectivity index (χ1n) is 7.38. The second-order valence-electron chi connectivity index (χ2n) is 5.78. The summed E-state index contributed by atoms with van der Waals surface area (Å²) in [7, 11) is 1.55. The molecule has 0 bridgehead atoms. The van der Waals surface area contributed by atoms with E-state index in [0.717, 1.165) is 19.4 Å². The molecule has 2 fully saturated rings. The molecule has 1 saturated carbocycles. The Morgan fingerprint density at radius 1 is 1.30 bits per heavy atom. The maximum absolute atomic E-state index is 12.6. The van der Waals surface area contributed by atoms with Crippen molar-refractivity contribution in [2.45, 2.75) is 38.1 Å². The number of ether oxygens (including phenoxy) is 1. The molecule has 1 aromatic carbocycles. The number of carbonyl (C=O) groups excluding carboxylic acids is 1. The molecule has 1 amide bonds. The fourth-order valence-corrected chi connectivity index (χ4v) is 3.63. The predicted octanol–water partition coefficient (Wildman–Crippen LogP) is 2.81. The van der Waals surface area contributed by atoms with E-state index < -0.39 is 0 Å². The zero-order valence-corrected chi connectivity index (χ0v) is 11.8. The lowest BCUT2D eigenvalue weighted by Crippen LogP contribution is -2.39. The maximum Gasteiger partial charge on any atom is 0.257 e. The Bertz CT molecular complexity index is 514. The molecule has 0 aromatic heterocycles. The fourth-order valence-electron chi connectivity index (χ4n) is 3.63. The topological polar surface area (TPSA) is 49.8 Å². The Morgan fingerprint density at radius 2 is 2.10 bits per heavy atom. The minimum absolute atomic E-state index is 0.00797. The minimum atomic E-state index is -0.0421. The van der Waals surface area contributed by atoms with Gasteiger partial charge in [-0.05, 0) is 37.3 Å². The average molecular weight is 275 g/mol. The summed E-state index contributed by atoms with van der Waals surface area (Å²) in [4.78, 5) is 14.6. The summed E-state index contributed by atoms with van der Waals surface area (Å²) in [6.07, 6.45) is 5.94. The van der Waals surface area contributed by atoms with Crippen LogP contribution in [0.4, 0.5) is 0 Å². The van der Waals surface area contributed by atoms with Gasteiger partial charge >= 0.3 is 0 Å². The van der Waals surface area contributed by atoms with Crippen molar-refractivity contribution in [3.8, 4) is 11.5 Å². The van der Waals surface area contributed by atoms with Crippen LogP contribution in [0.15, 0.2) is 18.2 Å². The number of phenolic OH excluding ortho intramolecular Hbond substituents is 1. The van der Waals surface area contributed by atoms with Crippen molar-refractivity contribution >= 4 is 5.91 Å². The van der Waals surface area contributed by atoms with Gasteiger partial charge in [0.25, 0.3) is 5.91 Å². The lowest BCUT2D eigenvalue weighted by molar-refractivity contribution is 0.0687. The lowest BCUT2D eigenvalue weighted by atomic mass is 9.85. The first-order valence-corrected chi connectivity index (χ1v) is 7.38. The number of fused-ring (bicyclic) bond motifs is 1. The summed E-state index contributed by atoms with van der Waals surface area (Å²) in [5.74, 6) is 1.19. The second-order valence-corrected chi connectivity index (χ2v) is 5.78. The van der Waals surface area contributed by atoms with Crippen LogP contribution in [0.25, 0.3) is 0 Å². The SMILES string of the molecule is COc1ccc(C(=O)N2CCC3CCCCC32)c(O)c1. The van der Waals surface area contributed by atoms with Gasteiger partial charge in [0, 0.05) is 18.7 Å². The van der Waals surface area contributed by atoms with E-state index in [1.807, 2.05) is 4.90 Å². The molecule has 1 heterocycles. The summed E-state index contributed by atoms with van der Waals surface area (Å²) in [5, 5.41) is 10.0. The van der Waals surface area contributed by atoms with Crippen LogP contribution < -0.4 is 4.74 Å². The van der Waals surface area contributed by atoms with Gasteiger partial charge < -0.3 is 14.7 Å². The number of rotatable bonds is 2. The van der Waals surface area contributed by atoms with E-state index in [4.69, 9.17) is 4.74 Å². The molecule has 0 radical (unpaired) electrons. The Labute approximate surface area is 119 Å². The summed E-state index contributed by atoms with van der Waals surface area (Å²) < 4.78 is 5.06. The Balaban J connectivity index is 1.82. The zero-order chi connectivity index (χ0) is 14.1. The molecule has 1 saturated heterocycles. The lowest BCUT2D eigenvalue weighted by Gasteiger charge is -2.31. The highest BCUT2D eigenvalue weighted by Gasteiger charge is 2.38. The van der Waals surface area contributed by atoms with Gasteiger partial charge in [0.2, 0.25) is 0 Å². The van der Waals surface area contributed by atoms with Gasteiger partial charge in [-0.2, -0.15) is 0 Å². The highest BCUT2D eigenvalue weighted by molar-refractivity contribution is 5.97. The molecule has 2 unspecified atom stereocenters. The normalized spacial score (nSPS) is 25.4. The molecule has 3 rings (SSSR count). The number of amides is 1. The van der Waals surface area contributed by atoms with Gasteiger partial charge in [-0.3, -0.25) is 4.79 Å². The standard InChI is InChI=1S/C16H21NO3/c1-20-12-6-7-13(15(18)10-12)16(19)17-9-8-11-4-2-3-5-14(11)17/h6-7,10-11,14,18H,2-5,8-9H2,1H3. The molecular weight excluding hydrogens is 254 g/mol. The van der Waals surface area contributed by atoms with Crippen LogP contribution in [0.5, 0.6) is 11.5 Å². The number of hydrogen-bond donors (Lipinski definition) is 1. The van der Waals surface area contributed by atoms with Crippen LogP contribution >= 0.6 is 0 Å². The second kappa shape index (κ2) is 5.35. The van der Waals surface area contributed by atoms with E-state index in [2.05, 4.69) is 0 Å². The van der Waals surface area contributed by atoms with Crippen LogP contribution in [-0.2, 0) is 0 Å². The van der Waals surface area contributed by atoms with Gasteiger partial charge in [-0.15, -0.1) is 0 Å². The monoisotopic (exact) mass is 275 g/mol. The average Bonchev–Trinajstić information content (AvgIpc) is 2.90. The van der Waals surface area contributed by atoms with E-state index in [9.17, 15) is 9.90 Å². The number of methoxy groups -OCH3 is 1. The molecule has 1 aliphatic carbocycles. The van der Waals surface area contributed by atoms with E-state index in [0.29, 0.717) is 23.3 Å². The van der Waals surface area contributed by atoms with Crippen LogP contribution in [0.3, 0.4) is 0 Å². The van der Waals surface area contributed by atoms with Gasteiger partial charge in [-0.25, -0.2) is 0 Å². The molecular formula is C16H21NO3. The predicted molar refractivity (Wildman–Crippen MR) is 76.1 cm³/mol. The summed E-state index contributed by atoms with van der Waals surface area (Å²) >= 11 is 0. The molecule has 2 aliphatic rings. The maximum atomic E-state index is 12.6. The fraction of sp³-hybridized carbons (Fsp3) is 0.562. The first kappa shape index (κ1) is 13.3. The van der Waals surface area contributed by atoms with Crippen LogP contribution in [-0.4, -0.2) is 35.6 Å². The van der Waals surface area contributed by atoms with Crippen LogP contribution in [0.2, 0.25) is 0 Å². The third kappa shape index (κ3) is 2.23. The van der Waals surface area contributed by atoms with Gasteiger partial charge in [0.15, 0.2) is 0 Å². The third-order valence-corrected chi connectivity index (χ3v) is 4.71. The number of likely N-dealkylation sites (tertiary alicyclic amines) is 1. The van der Waals surface area contributed by atoms with E-state index >= 15 is 0 Å². The van der Waals surface area contributed by atoms with Gasteiger partial charge in [0.1, 0.15) is 11.5 Å².